The second-order valence-corrected chi connectivity index (χ2v) is 6.20. The van der Waals surface area contributed by atoms with Crippen LogP contribution in [0.2, 0.25) is 0 Å². The molecule has 2 heterocycles. The summed E-state index contributed by atoms with van der Waals surface area (Å²) in [5, 5.41) is 8.92. The normalized spacial score (nSPS) is 17.9. The van der Waals surface area contributed by atoms with Gasteiger partial charge in [0.1, 0.15) is 4.88 Å². The zero-order valence-corrected chi connectivity index (χ0v) is 12.2. The van der Waals surface area contributed by atoms with Gasteiger partial charge >= 0.3 is 5.97 Å². The Labute approximate surface area is 126 Å². The van der Waals surface area contributed by atoms with Crippen molar-refractivity contribution in [1.82, 2.24) is 4.90 Å². The van der Waals surface area contributed by atoms with E-state index in [1.807, 2.05) is 23.1 Å². The molecule has 1 atom stereocenters. The summed E-state index contributed by atoms with van der Waals surface area (Å²) >= 11 is 1.04. The summed E-state index contributed by atoms with van der Waals surface area (Å²) < 4.78 is 0. The Kier molecular flexibility index (Phi) is 3.75. The summed E-state index contributed by atoms with van der Waals surface area (Å²) in [7, 11) is 0. The minimum Gasteiger partial charge on any atom is -0.477 e. The fraction of sp³-hybridized carbons (Fsp3) is 0.250. The second kappa shape index (κ2) is 5.69. The first-order valence-corrected chi connectivity index (χ1v) is 7.64. The molecule has 1 N–H and O–H groups in total. The van der Waals surface area contributed by atoms with Gasteiger partial charge in [-0.25, -0.2) is 4.79 Å². The number of rotatable bonds is 3. The fourth-order valence-corrected chi connectivity index (χ4v) is 3.48. The van der Waals surface area contributed by atoms with Gasteiger partial charge < -0.3 is 10.0 Å². The number of carboxylic acids is 1. The average Bonchev–Trinajstić information content (AvgIpc) is 3.17. The van der Waals surface area contributed by atoms with Gasteiger partial charge in [-0.05, 0) is 24.1 Å². The second-order valence-electron chi connectivity index (χ2n) is 5.12. The van der Waals surface area contributed by atoms with Gasteiger partial charge in [-0.2, -0.15) is 0 Å². The van der Waals surface area contributed by atoms with Crippen LogP contribution >= 0.6 is 11.3 Å². The molecule has 1 amide bonds. The molecule has 0 aliphatic carbocycles. The Bertz CT molecular complexity index is 665. The number of carboxylic acid groups (broad SMARTS) is 1. The number of aromatic carboxylic acids is 1. The largest absolute Gasteiger partial charge is 0.477 e. The Morgan fingerprint density at radius 1 is 1.10 bits per heavy atom. The highest BCUT2D eigenvalue weighted by molar-refractivity contribution is 7.15. The molecule has 1 aliphatic rings. The summed E-state index contributed by atoms with van der Waals surface area (Å²) in [5.74, 6) is -0.678. The standard InChI is InChI=1S/C16H15NO3S/c18-15(13-6-7-14(21-13)16(19)20)17-9-8-12(10-17)11-4-2-1-3-5-11/h1-7,12H,8-10H2,(H,19,20). The monoisotopic (exact) mass is 301 g/mol. The van der Waals surface area contributed by atoms with Crippen molar-refractivity contribution in [2.45, 2.75) is 12.3 Å². The van der Waals surface area contributed by atoms with Gasteiger partial charge in [0.15, 0.2) is 0 Å². The van der Waals surface area contributed by atoms with Gasteiger partial charge in [-0.1, -0.05) is 30.3 Å². The number of benzene rings is 1. The van der Waals surface area contributed by atoms with E-state index in [9.17, 15) is 9.59 Å². The van der Waals surface area contributed by atoms with Gasteiger partial charge in [-0.3, -0.25) is 4.79 Å². The summed E-state index contributed by atoms with van der Waals surface area (Å²) in [6.07, 6.45) is 0.951. The maximum absolute atomic E-state index is 12.4. The fourth-order valence-electron chi connectivity index (χ4n) is 2.67. The van der Waals surface area contributed by atoms with E-state index in [-0.39, 0.29) is 10.8 Å². The van der Waals surface area contributed by atoms with E-state index in [4.69, 9.17) is 5.11 Å². The van der Waals surface area contributed by atoms with Crippen molar-refractivity contribution in [3.63, 3.8) is 0 Å². The Morgan fingerprint density at radius 3 is 2.48 bits per heavy atom. The third kappa shape index (κ3) is 2.83. The highest BCUT2D eigenvalue weighted by Gasteiger charge is 2.28. The first-order chi connectivity index (χ1) is 10.1. The lowest BCUT2D eigenvalue weighted by Crippen LogP contribution is -2.27. The van der Waals surface area contributed by atoms with Crippen LogP contribution < -0.4 is 0 Å². The minimum atomic E-state index is -0.984. The number of hydrogen-bond acceptors (Lipinski definition) is 3. The van der Waals surface area contributed by atoms with Crippen molar-refractivity contribution in [1.29, 1.82) is 0 Å². The topological polar surface area (TPSA) is 57.6 Å². The molecular weight excluding hydrogens is 286 g/mol. The molecule has 0 radical (unpaired) electrons. The number of nitrogens with zero attached hydrogens (tertiary/aromatic N) is 1. The number of hydrogen-bond donors (Lipinski definition) is 1. The molecule has 3 rings (SSSR count). The lowest BCUT2D eigenvalue weighted by atomic mass is 9.99. The predicted octanol–water partition coefficient (Wildman–Crippen LogP) is 3.08. The first kappa shape index (κ1) is 13.8. The highest BCUT2D eigenvalue weighted by atomic mass is 32.1. The number of amides is 1. The van der Waals surface area contributed by atoms with E-state index < -0.39 is 5.97 Å². The Balaban J connectivity index is 1.70. The van der Waals surface area contributed by atoms with Crippen molar-refractivity contribution in [3.05, 3.63) is 57.8 Å². The predicted molar refractivity (Wildman–Crippen MR) is 81.0 cm³/mol. The van der Waals surface area contributed by atoms with E-state index in [2.05, 4.69) is 12.1 Å². The van der Waals surface area contributed by atoms with E-state index in [0.29, 0.717) is 17.3 Å². The molecule has 1 aromatic carbocycles. The molecule has 0 spiro atoms. The summed E-state index contributed by atoms with van der Waals surface area (Å²) in [4.78, 5) is 25.8. The molecule has 1 aromatic heterocycles. The van der Waals surface area contributed by atoms with Crippen LogP contribution in [0.4, 0.5) is 0 Å². The summed E-state index contributed by atoms with van der Waals surface area (Å²) in [6, 6.07) is 13.3. The van der Waals surface area contributed by atoms with Crippen LogP contribution in [-0.4, -0.2) is 35.0 Å². The van der Waals surface area contributed by atoms with Crippen LogP contribution in [0.1, 0.15) is 37.2 Å². The third-order valence-corrected chi connectivity index (χ3v) is 4.84. The number of likely N-dealkylation sites (tertiary alicyclic amines) is 1. The minimum absolute atomic E-state index is 0.0640. The highest BCUT2D eigenvalue weighted by Crippen LogP contribution is 2.29. The number of thiophene rings is 1. The molecular formula is C16H15NO3S. The maximum atomic E-state index is 12.4. The van der Waals surface area contributed by atoms with E-state index in [1.165, 1.54) is 11.6 Å². The zero-order valence-electron chi connectivity index (χ0n) is 11.4. The van der Waals surface area contributed by atoms with Crippen molar-refractivity contribution >= 4 is 23.2 Å². The summed E-state index contributed by atoms with van der Waals surface area (Å²) in [5.41, 5.74) is 1.25. The van der Waals surface area contributed by atoms with Crippen LogP contribution in [0, 0.1) is 0 Å². The molecule has 1 fully saturated rings. The average molecular weight is 301 g/mol. The smallest absolute Gasteiger partial charge is 0.345 e. The van der Waals surface area contributed by atoms with Crippen molar-refractivity contribution in [2.75, 3.05) is 13.1 Å². The van der Waals surface area contributed by atoms with Crippen molar-refractivity contribution in [2.24, 2.45) is 0 Å². The molecule has 108 valence electrons. The SMILES string of the molecule is O=C(O)c1ccc(C(=O)N2CCC(c3ccccc3)C2)s1. The van der Waals surface area contributed by atoms with Crippen molar-refractivity contribution < 1.29 is 14.7 Å². The lowest BCUT2D eigenvalue weighted by Gasteiger charge is -2.15. The molecule has 2 aromatic rings. The molecule has 0 saturated carbocycles. The quantitative estimate of drug-likeness (QED) is 0.948. The molecule has 5 heteroatoms. The van der Waals surface area contributed by atoms with Crippen LogP contribution in [0.5, 0.6) is 0 Å². The number of carbonyl (C=O) groups excluding carboxylic acids is 1. The van der Waals surface area contributed by atoms with E-state index in [0.717, 1.165) is 24.3 Å². The van der Waals surface area contributed by atoms with E-state index in [1.54, 1.807) is 6.07 Å². The van der Waals surface area contributed by atoms with Crippen molar-refractivity contribution in [3.8, 4) is 0 Å². The molecule has 1 saturated heterocycles. The lowest BCUT2D eigenvalue weighted by molar-refractivity contribution is 0.0701. The zero-order chi connectivity index (χ0) is 14.8. The van der Waals surface area contributed by atoms with Gasteiger partial charge in [0.05, 0.1) is 4.88 Å². The van der Waals surface area contributed by atoms with Crippen LogP contribution in [0.15, 0.2) is 42.5 Å². The first-order valence-electron chi connectivity index (χ1n) is 6.82. The van der Waals surface area contributed by atoms with Gasteiger partial charge in [0.2, 0.25) is 0 Å². The molecule has 4 nitrogen and oxygen atoms in total. The van der Waals surface area contributed by atoms with Crippen LogP contribution in [-0.2, 0) is 0 Å². The van der Waals surface area contributed by atoms with Gasteiger partial charge in [0.25, 0.3) is 5.91 Å². The molecule has 1 aliphatic heterocycles. The Hall–Kier alpha value is -2.14. The van der Waals surface area contributed by atoms with E-state index >= 15 is 0 Å². The maximum Gasteiger partial charge on any atom is 0.345 e. The summed E-state index contributed by atoms with van der Waals surface area (Å²) in [6.45, 7) is 1.42. The van der Waals surface area contributed by atoms with Crippen LogP contribution in [0.25, 0.3) is 0 Å². The molecule has 21 heavy (non-hydrogen) atoms. The Morgan fingerprint density at radius 2 is 1.81 bits per heavy atom. The van der Waals surface area contributed by atoms with Gasteiger partial charge in [-0.15, -0.1) is 11.3 Å². The van der Waals surface area contributed by atoms with Crippen LogP contribution in [0.3, 0.4) is 0 Å². The number of carbonyl (C=O) groups is 2. The van der Waals surface area contributed by atoms with Gasteiger partial charge in [0, 0.05) is 19.0 Å². The molecule has 0 bridgehead atoms. The molecule has 1 unspecified atom stereocenters. The third-order valence-electron chi connectivity index (χ3n) is 3.77.